The number of carbonyl (C=O) groups is 1. The molecule has 45 heavy (non-hydrogen) atoms. The Labute approximate surface area is 265 Å². The summed E-state index contributed by atoms with van der Waals surface area (Å²) in [6.07, 6.45) is -0.413. The molecule has 1 unspecified atom stereocenters. The topological polar surface area (TPSA) is 90.2 Å². The molecule has 10 heteroatoms. The average molecular weight is 610 g/mol. The van der Waals surface area contributed by atoms with E-state index in [9.17, 15) is 4.79 Å². The van der Waals surface area contributed by atoms with Gasteiger partial charge in [0, 0.05) is 90.2 Å². The SMILES string of the molecule is Cc1nc(-c2ccc(N3CC(CN4CCN(Cc5ccccc5)CC4)OC3=O)cc2)no1.c1ccc(CN2CCNCC2)cc1. The Balaban J connectivity index is 0.000000229. The van der Waals surface area contributed by atoms with E-state index in [0.717, 1.165) is 70.2 Å². The van der Waals surface area contributed by atoms with Crippen LogP contribution in [0.3, 0.4) is 0 Å². The van der Waals surface area contributed by atoms with Crippen LogP contribution < -0.4 is 10.2 Å². The van der Waals surface area contributed by atoms with E-state index in [0.29, 0.717) is 18.3 Å². The maximum atomic E-state index is 12.5. The van der Waals surface area contributed by atoms with Gasteiger partial charge in [0.1, 0.15) is 6.10 Å². The largest absolute Gasteiger partial charge is 0.443 e. The van der Waals surface area contributed by atoms with Crippen LogP contribution in [0, 0.1) is 6.92 Å². The van der Waals surface area contributed by atoms with Crippen molar-refractivity contribution >= 4 is 11.8 Å². The van der Waals surface area contributed by atoms with Crippen LogP contribution in [0.25, 0.3) is 11.4 Å². The van der Waals surface area contributed by atoms with Crippen molar-refractivity contribution in [1.29, 1.82) is 0 Å². The summed E-state index contributed by atoms with van der Waals surface area (Å²) in [4.78, 5) is 25.8. The number of aryl methyl sites for hydroxylation is 1. The smallest absolute Gasteiger partial charge is 0.414 e. The number of rotatable bonds is 8. The summed E-state index contributed by atoms with van der Waals surface area (Å²) in [6.45, 7) is 13.8. The Morgan fingerprint density at radius 3 is 1.91 bits per heavy atom. The first-order valence-electron chi connectivity index (χ1n) is 15.9. The molecule has 1 aromatic heterocycles. The molecule has 4 aromatic rings. The minimum atomic E-state index is -0.291. The number of nitrogens with zero attached hydrogens (tertiary/aromatic N) is 6. The van der Waals surface area contributed by atoms with Crippen LogP contribution in [0.4, 0.5) is 10.5 Å². The molecule has 0 spiro atoms. The quantitative estimate of drug-likeness (QED) is 0.314. The van der Waals surface area contributed by atoms with Crippen molar-refractivity contribution in [3.63, 3.8) is 0 Å². The van der Waals surface area contributed by atoms with Gasteiger partial charge in [0.15, 0.2) is 0 Å². The van der Waals surface area contributed by atoms with E-state index in [-0.39, 0.29) is 12.2 Å². The van der Waals surface area contributed by atoms with Crippen molar-refractivity contribution < 1.29 is 14.1 Å². The molecule has 3 saturated heterocycles. The fourth-order valence-electron chi connectivity index (χ4n) is 6.00. The summed E-state index contributed by atoms with van der Waals surface area (Å²) in [7, 11) is 0. The van der Waals surface area contributed by atoms with Gasteiger partial charge >= 0.3 is 6.09 Å². The van der Waals surface area contributed by atoms with E-state index in [2.05, 4.69) is 90.8 Å². The van der Waals surface area contributed by atoms with Gasteiger partial charge in [-0.25, -0.2) is 4.79 Å². The highest BCUT2D eigenvalue weighted by molar-refractivity contribution is 5.90. The fourth-order valence-corrected chi connectivity index (χ4v) is 6.00. The second-order valence-electron chi connectivity index (χ2n) is 11.9. The maximum absolute atomic E-state index is 12.5. The third kappa shape index (κ3) is 8.76. The molecular formula is C35H43N7O3. The highest BCUT2D eigenvalue weighted by Gasteiger charge is 2.34. The van der Waals surface area contributed by atoms with E-state index in [1.807, 2.05) is 24.3 Å². The zero-order valence-electron chi connectivity index (χ0n) is 26.1. The van der Waals surface area contributed by atoms with Crippen LogP contribution in [0.5, 0.6) is 0 Å². The van der Waals surface area contributed by atoms with Crippen molar-refractivity contribution in [2.75, 3.05) is 70.3 Å². The second-order valence-corrected chi connectivity index (χ2v) is 11.9. The first-order chi connectivity index (χ1) is 22.1. The second kappa shape index (κ2) is 15.3. The number of hydrogen-bond acceptors (Lipinski definition) is 9. The Kier molecular flexibility index (Phi) is 10.5. The zero-order chi connectivity index (χ0) is 30.8. The predicted molar refractivity (Wildman–Crippen MR) is 175 cm³/mol. The van der Waals surface area contributed by atoms with Crippen LogP contribution in [-0.2, 0) is 17.8 Å². The maximum Gasteiger partial charge on any atom is 0.414 e. The van der Waals surface area contributed by atoms with Gasteiger partial charge in [-0.3, -0.25) is 19.6 Å². The Bertz CT molecular complexity index is 1470. The molecular weight excluding hydrogens is 566 g/mol. The molecule has 3 aliphatic rings. The normalized spacial score (nSPS) is 19.6. The van der Waals surface area contributed by atoms with Gasteiger partial charge in [-0.1, -0.05) is 65.8 Å². The van der Waals surface area contributed by atoms with Crippen LogP contribution in [-0.4, -0.2) is 102 Å². The van der Waals surface area contributed by atoms with Crippen molar-refractivity contribution in [2.24, 2.45) is 0 Å². The molecule has 3 fully saturated rings. The minimum absolute atomic E-state index is 0.122. The van der Waals surface area contributed by atoms with E-state index in [4.69, 9.17) is 9.26 Å². The molecule has 0 saturated carbocycles. The minimum Gasteiger partial charge on any atom is -0.443 e. The number of ether oxygens (including phenoxy) is 1. The molecule has 1 atom stereocenters. The van der Waals surface area contributed by atoms with Gasteiger partial charge in [-0.05, 0) is 35.4 Å². The molecule has 0 bridgehead atoms. The number of amides is 1. The predicted octanol–water partition coefficient (Wildman–Crippen LogP) is 4.28. The van der Waals surface area contributed by atoms with Crippen molar-refractivity contribution in [3.8, 4) is 11.4 Å². The molecule has 236 valence electrons. The van der Waals surface area contributed by atoms with Gasteiger partial charge in [0.2, 0.25) is 11.7 Å². The van der Waals surface area contributed by atoms with Crippen LogP contribution >= 0.6 is 0 Å². The standard InChI is InChI=1S/C24H27N5O3.C11H16N2/c1-18-25-23(26-32-18)20-7-9-21(10-8-20)29-17-22(31-24(29)30)16-28-13-11-27(12-14-28)15-19-5-3-2-4-6-19;1-2-4-11(5-3-1)10-13-8-6-12-7-9-13/h2-10,22H,11-17H2,1H3;1-5,12H,6-10H2. The van der Waals surface area contributed by atoms with Crippen LogP contribution in [0.2, 0.25) is 0 Å². The molecule has 1 N–H and O–H groups in total. The third-order valence-electron chi connectivity index (χ3n) is 8.47. The fraction of sp³-hybridized carbons (Fsp3) is 0.400. The molecule has 0 aliphatic carbocycles. The van der Waals surface area contributed by atoms with Crippen LogP contribution in [0.15, 0.2) is 89.5 Å². The molecule has 0 radical (unpaired) electrons. The van der Waals surface area contributed by atoms with Crippen LogP contribution in [0.1, 0.15) is 17.0 Å². The van der Waals surface area contributed by atoms with Gasteiger partial charge in [0.05, 0.1) is 6.54 Å². The molecule has 4 heterocycles. The lowest BCUT2D eigenvalue weighted by atomic mass is 10.2. The summed E-state index contributed by atoms with van der Waals surface area (Å²) in [5.41, 5.74) is 4.43. The van der Waals surface area contributed by atoms with Gasteiger partial charge in [0.25, 0.3) is 0 Å². The van der Waals surface area contributed by atoms with E-state index in [1.54, 1.807) is 11.8 Å². The lowest BCUT2D eigenvalue weighted by molar-refractivity contribution is 0.0747. The number of aromatic nitrogens is 2. The number of nitrogens with one attached hydrogen (secondary N) is 1. The van der Waals surface area contributed by atoms with Crippen molar-refractivity contribution in [1.82, 2.24) is 30.2 Å². The number of piperazine rings is 2. The molecule has 7 rings (SSSR count). The monoisotopic (exact) mass is 609 g/mol. The first-order valence-corrected chi connectivity index (χ1v) is 15.9. The van der Waals surface area contributed by atoms with Crippen molar-refractivity contribution in [2.45, 2.75) is 26.1 Å². The first kappa shape index (κ1) is 30.9. The molecule has 3 aromatic carbocycles. The van der Waals surface area contributed by atoms with E-state index >= 15 is 0 Å². The lowest BCUT2D eigenvalue weighted by Crippen LogP contribution is -2.48. The molecule has 10 nitrogen and oxygen atoms in total. The average Bonchev–Trinajstić information content (AvgIpc) is 3.68. The number of hydrogen-bond donors (Lipinski definition) is 1. The molecule has 3 aliphatic heterocycles. The lowest BCUT2D eigenvalue weighted by Gasteiger charge is -2.35. The van der Waals surface area contributed by atoms with Gasteiger partial charge in [-0.15, -0.1) is 0 Å². The summed E-state index contributed by atoms with van der Waals surface area (Å²) in [5, 5.41) is 7.29. The highest BCUT2D eigenvalue weighted by Crippen LogP contribution is 2.25. The highest BCUT2D eigenvalue weighted by atomic mass is 16.6. The van der Waals surface area contributed by atoms with E-state index in [1.165, 1.54) is 24.2 Å². The number of carbonyl (C=O) groups excluding carboxylic acids is 1. The number of benzene rings is 3. The number of cyclic esters (lactones) is 1. The van der Waals surface area contributed by atoms with Gasteiger partial charge < -0.3 is 14.6 Å². The molecule has 1 amide bonds. The van der Waals surface area contributed by atoms with E-state index < -0.39 is 0 Å². The Hall–Kier alpha value is -4.09. The van der Waals surface area contributed by atoms with Gasteiger partial charge in [-0.2, -0.15) is 4.98 Å². The van der Waals surface area contributed by atoms with Crippen molar-refractivity contribution in [3.05, 3.63) is 102 Å². The Morgan fingerprint density at radius 1 is 0.756 bits per heavy atom. The summed E-state index contributed by atoms with van der Waals surface area (Å²) < 4.78 is 10.7. The zero-order valence-corrected chi connectivity index (χ0v) is 26.1. The summed E-state index contributed by atoms with van der Waals surface area (Å²) in [5.74, 6) is 1.07. The number of anilines is 1. The summed E-state index contributed by atoms with van der Waals surface area (Å²) >= 11 is 0. The Morgan fingerprint density at radius 2 is 1.33 bits per heavy atom. The summed E-state index contributed by atoms with van der Waals surface area (Å²) in [6, 6.07) is 28.8. The third-order valence-corrected chi connectivity index (χ3v) is 8.47.